The first-order valence-corrected chi connectivity index (χ1v) is 7.96. The molecule has 120 valence electrons. The van der Waals surface area contributed by atoms with Crippen molar-refractivity contribution in [1.29, 1.82) is 0 Å². The van der Waals surface area contributed by atoms with Crippen LogP contribution in [0.3, 0.4) is 0 Å². The molecule has 0 radical (unpaired) electrons. The Hall–Kier alpha value is -1.59. The van der Waals surface area contributed by atoms with E-state index < -0.39 is 0 Å². The van der Waals surface area contributed by atoms with Crippen LogP contribution in [0.1, 0.15) is 30.1 Å². The number of rotatable bonds is 4. The SMILES string of the molecule is CCCC(=O)Nc1cc(C(=O)N2CCN(C)CC2)ccc1Cl. The van der Waals surface area contributed by atoms with E-state index in [4.69, 9.17) is 11.6 Å². The van der Waals surface area contributed by atoms with Gasteiger partial charge in [0.2, 0.25) is 5.91 Å². The van der Waals surface area contributed by atoms with Crippen molar-refractivity contribution in [1.82, 2.24) is 9.80 Å². The first-order chi connectivity index (χ1) is 10.5. The van der Waals surface area contributed by atoms with Gasteiger partial charge in [0.25, 0.3) is 5.91 Å². The number of piperazine rings is 1. The van der Waals surface area contributed by atoms with Crippen LogP contribution < -0.4 is 5.32 Å². The number of likely N-dealkylation sites (N-methyl/N-ethyl adjacent to an activating group) is 1. The molecule has 0 spiro atoms. The summed E-state index contributed by atoms with van der Waals surface area (Å²) in [4.78, 5) is 28.3. The fraction of sp³-hybridized carbons (Fsp3) is 0.500. The fourth-order valence-corrected chi connectivity index (χ4v) is 2.55. The van der Waals surface area contributed by atoms with E-state index in [-0.39, 0.29) is 11.8 Å². The number of carbonyl (C=O) groups excluding carboxylic acids is 2. The van der Waals surface area contributed by atoms with Gasteiger partial charge in [-0.2, -0.15) is 0 Å². The van der Waals surface area contributed by atoms with Crippen LogP contribution in [-0.2, 0) is 4.79 Å². The average Bonchev–Trinajstić information content (AvgIpc) is 2.50. The first kappa shape index (κ1) is 16.8. The maximum Gasteiger partial charge on any atom is 0.254 e. The zero-order chi connectivity index (χ0) is 16.1. The molecular weight excluding hydrogens is 302 g/mol. The third-order valence-electron chi connectivity index (χ3n) is 3.75. The number of benzene rings is 1. The molecule has 0 atom stereocenters. The van der Waals surface area contributed by atoms with Gasteiger partial charge in [0.1, 0.15) is 0 Å². The van der Waals surface area contributed by atoms with E-state index in [2.05, 4.69) is 10.2 Å². The molecule has 1 aliphatic rings. The molecule has 1 aromatic rings. The van der Waals surface area contributed by atoms with E-state index in [1.165, 1.54) is 0 Å². The maximum absolute atomic E-state index is 12.5. The summed E-state index contributed by atoms with van der Waals surface area (Å²) in [6, 6.07) is 5.03. The topological polar surface area (TPSA) is 52.7 Å². The molecule has 1 N–H and O–H groups in total. The maximum atomic E-state index is 12.5. The van der Waals surface area contributed by atoms with Gasteiger partial charge in [-0.25, -0.2) is 0 Å². The molecule has 6 heteroatoms. The van der Waals surface area contributed by atoms with Crippen LogP contribution in [0.15, 0.2) is 18.2 Å². The second-order valence-electron chi connectivity index (χ2n) is 5.59. The number of amides is 2. The zero-order valence-electron chi connectivity index (χ0n) is 13.1. The summed E-state index contributed by atoms with van der Waals surface area (Å²) in [6.07, 6.45) is 1.20. The number of hydrogen-bond donors (Lipinski definition) is 1. The van der Waals surface area contributed by atoms with E-state index in [1.54, 1.807) is 18.2 Å². The summed E-state index contributed by atoms with van der Waals surface area (Å²) < 4.78 is 0. The minimum absolute atomic E-state index is 0.0178. The molecule has 1 heterocycles. The largest absolute Gasteiger partial charge is 0.336 e. The van der Waals surface area contributed by atoms with Crippen molar-refractivity contribution >= 4 is 29.1 Å². The van der Waals surface area contributed by atoms with E-state index in [0.717, 1.165) is 32.6 Å². The number of nitrogens with one attached hydrogen (secondary N) is 1. The highest BCUT2D eigenvalue weighted by molar-refractivity contribution is 6.33. The van der Waals surface area contributed by atoms with Gasteiger partial charge in [-0.05, 0) is 31.7 Å². The predicted molar refractivity (Wildman–Crippen MR) is 88.4 cm³/mol. The molecule has 0 unspecified atom stereocenters. The summed E-state index contributed by atoms with van der Waals surface area (Å²) >= 11 is 6.10. The summed E-state index contributed by atoms with van der Waals surface area (Å²) in [5.41, 5.74) is 1.06. The molecule has 2 amide bonds. The van der Waals surface area contributed by atoms with Crippen LogP contribution in [-0.4, -0.2) is 54.8 Å². The van der Waals surface area contributed by atoms with Crippen molar-refractivity contribution in [3.8, 4) is 0 Å². The lowest BCUT2D eigenvalue weighted by Gasteiger charge is -2.32. The monoisotopic (exact) mass is 323 g/mol. The zero-order valence-corrected chi connectivity index (χ0v) is 13.8. The van der Waals surface area contributed by atoms with Crippen molar-refractivity contribution in [2.75, 3.05) is 38.5 Å². The molecule has 1 aromatic carbocycles. The minimum atomic E-state index is -0.0893. The van der Waals surface area contributed by atoms with E-state index >= 15 is 0 Å². The van der Waals surface area contributed by atoms with E-state index in [0.29, 0.717) is 22.7 Å². The lowest BCUT2D eigenvalue weighted by molar-refractivity contribution is -0.116. The Labute approximate surface area is 136 Å². The third kappa shape index (κ3) is 4.21. The molecule has 0 bridgehead atoms. The fourth-order valence-electron chi connectivity index (χ4n) is 2.39. The molecule has 2 rings (SSSR count). The molecule has 1 aliphatic heterocycles. The number of halogens is 1. The summed E-state index contributed by atoms with van der Waals surface area (Å²) in [5, 5.41) is 3.21. The summed E-state index contributed by atoms with van der Waals surface area (Å²) in [7, 11) is 2.05. The number of nitrogens with zero attached hydrogens (tertiary/aromatic N) is 2. The Balaban J connectivity index is 2.11. The quantitative estimate of drug-likeness (QED) is 0.926. The van der Waals surface area contributed by atoms with Gasteiger partial charge in [0.05, 0.1) is 10.7 Å². The van der Waals surface area contributed by atoms with Crippen LogP contribution in [0, 0.1) is 0 Å². The molecular formula is C16H22ClN3O2. The average molecular weight is 324 g/mol. The standard InChI is InChI=1S/C16H22ClN3O2/c1-3-4-15(21)18-14-11-12(5-6-13(14)17)16(22)20-9-7-19(2)8-10-20/h5-6,11H,3-4,7-10H2,1-2H3,(H,18,21). The summed E-state index contributed by atoms with van der Waals surface area (Å²) in [6.45, 7) is 5.12. The van der Waals surface area contributed by atoms with Crippen LogP contribution in [0.2, 0.25) is 5.02 Å². The third-order valence-corrected chi connectivity index (χ3v) is 4.08. The molecule has 0 aliphatic carbocycles. The van der Waals surface area contributed by atoms with Crippen LogP contribution in [0.25, 0.3) is 0 Å². The van der Waals surface area contributed by atoms with E-state index in [1.807, 2.05) is 18.9 Å². The Kier molecular flexibility index (Phi) is 5.80. The van der Waals surface area contributed by atoms with Gasteiger partial charge in [0.15, 0.2) is 0 Å². The Morgan fingerprint density at radius 3 is 2.55 bits per heavy atom. The molecule has 1 saturated heterocycles. The summed E-state index contributed by atoms with van der Waals surface area (Å²) in [5.74, 6) is -0.107. The van der Waals surface area contributed by atoms with E-state index in [9.17, 15) is 9.59 Å². The van der Waals surface area contributed by atoms with Crippen LogP contribution in [0.4, 0.5) is 5.69 Å². The number of hydrogen-bond acceptors (Lipinski definition) is 3. The van der Waals surface area contributed by atoms with Gasteiger partial charge in [0, 0.05) is 38.2 Å². The Morgan fingerprint density at radius 2 is 1.91 bits per heavy atom. The van der Waals surface area contributed by atoms with Gasteiger partial charge in [-0.15, -0.1) is 0 Å². The van der Waals surface area contributed by atoms with Crippen molar-refractivity contribution in [3.63, 3.8) is 0 Å². The normalized spacial score (nSPS) is 15.7. The molecule has 0 saturated carbocycles. The second kappa shape index (κ2) is 7.61. The van der Waals surface area contributed by atoms with Crippen molar-refractivity contribution in [2.45, 2.75) is 19.8 Å². The van der Waals surface area contributed by atoms with Gasteiger partial charge < -0.3 is 15.1 Å². The minimum Gasteiger partial charge on any atom is -0.336 e. The molecule has 22 heavy (non-hydrogen) atoms. The van der Waals surface area contributed by atoms with Crippen molar-refractivity contribution in [3.05, 3.63) is 28.8 Å². The van der Waals surface area contributed by atoms with Crippen molar-refractivity contribution < 1.29 is 9.59 Å². The molecule has 0 aromatic heterocycles. The highest BCUT2D eigenvalue weighted by Gasteiger charge is 2.21. The lowest BCUT2D eigenvalue weighted by Crippen LogP contribution is -2.47. The number of anilines is 1. The highest BCUT2D eigenvalue weighted by atomic mass is 35.5. The predicted octanol–water partition coefficient (Wildman–Crippen LogP) is 2.47. The van der Waals surface area contributed by atoms with Gasteiger partial charge in [-0.3, -0.25) is 9.59 Å². The molecule has 1 fully saturated rings. The second-order valence-corrected chi connectivity index (χ2v) is 6.00. The lowest BCUT2D eigenvalue weighted by atomic mass is 10.1. The van der Waals surface area contributed by atoms with Crippen LogP contribution in [0.5, 0.6) is 0 Å². The highest BCUT2D eigenvalue weighted by Crippen LogP contribution is 2.24. The smallest absolute Gasteiger partial charge is 0.254 e. The Bertz CT molecular complexity index is 554. The Morgan fingerprint density at radius 1 is 1.23 bits per heavy atom. The van der Waals surface area contributed by atoms with Crippen LogP contribution >= 0.6 is 11.6 Å². The van der Waals surface area contributed by atoms with Crippen molar-refractivity contribution in [2.24, 2.45) is 0 Å². The van der Waals surface area contributed by atoms with Gasteiger partial charge >= 0.3 is 0 Å². The van der Waals surface area contributed by atoms with Gasteiger partial charge in [-0.1, -0.05) is 18.5 Å². The first-order valence-electron chi connectivity index (χ1n) is 7.58. The molecule has 5 nitrogen and oxygen atoms in total. The number of carbonyl (C=O) groups is 2.